The van der Waals surface area contributed by atoms with Gasteiger partial charge in [-0.25, -0.2) is 4.98 Å². The van der Waals surface area contributed by atoms with Crippen LogP contribution in [0.15, 0.2) is 40.8 Å². The van der Waals surface area contributed by atoms with Gasteiger partial charge in [0.05, 0.1) is 16.8 Å². The molecule has 0 fully saturated rings. The van der Waals surface area contributed by atoms with Crippen LogP contribution in [0, 0.1) is 0 Å². The van der Waals surface area contributed by atoms with E-state index in [0.717, 1.165) is 26.7 Å². The van der Waals surface area contributed by atoms with Gasteiger partial charge in [0.25, 0.3) is 0 Å². The van der Waals surface area contributed by atoms with Crippen LogP contribution in [0.3, 0.4) is 0 Å². The first-order valence-corrected chi connectivity index (χ1v) is 8.30. The maximum atomic E-state index is 11.5. The van der Waals surface area contributed by atoms with Crippen molar-refractivity contribution in [1.82, 2.24) is 15.2 Å². The van der Waals surface area contributed by atoms with Crippen LogP contribution in [0.25, 0.3) is 21.0 Å². The third kappa shape index (κ3) is 3.78. The van der Waals surface area contributed by atoms with E-state index in [0.29, 0.717) is 19.5 Å². The molecular weight excluding hydrogens is 310 g/mol. The van der Waals surface area contributed by atoms with Gasteiger partial charge >= 0.3 is 0 Å². The Kier molecular flexibility index (Phi) is 4.73. The van der Waals surface area contributed by atoms with Crippen LogP contribution < -0.4 is 5.32 Å². The van der Waals surface area contributed by atoms with E-state index in [2.05, 4.69) is 16.4 Å². The molecule has 0 unspecified atom stereocenters. The number of carbonyl (C=O) groups excluding carboxylic acids is 1. The Morgan fingerprint density at radius 3 is 2.87 bits per heavy atom. The summed E-state index contributed by atoms with van der Waals surface area (Å²) in [7, 11) is 3.53. The first-order chi connectivity index (χ1) is 11.1. The van der Waals surface area contributed by atoms with Gasteiger partial charge in [0.1, 0.15) is 5.76 Å². The van der Waals surface area contributed by atoms with E-state index in [1.165, 1.54) is 0 Å². The van der Waals surface area contributed by atoms with E-state index < -0.39 is 0 Å². The molecule has 120 valence electrons. The highest BCUT2D eigenvalue weighted by atomic mass is 32.1. The summed E-state index contributed by atoms with van der Waals surface area (Å²) >= 11 is 1.62. The van der Waals surface area contributed by atoms with Gasteiger partial charge in [0.15, 0.2) is 10.8 Å². The summed E-state index contributed by atoms with van der Waals surface area (Å²) in [4.78, 5) is 17.7. The zero-order valence-corrected chi connectivity index (χ0v) is 14.0. The SMILES string of the molecule is CN(C)C(=O)CCNCc1ccc(-c2nc3ccccc3s2)o1. The average Bonchev–Trinajstić information content (AvgIpc) is 3.17. The van der Waals surface area contributed by atoms with Crippen molar-refractivity contribution in [2.24, 2.45) is 0 Å². The van der Waals surface area contributed by atoms with Gasteiger partial charge in [0.2, 0.25) is 5.91 Å². The third-order valence-electron chi connectivity index (χ3n) is 3.48. The lowest BCUT2D eigenvalue weighted by molar-refractivity contribution is -0.128. The number of para-hydroxylation sites is 1. The summed E-state index contributed by atoms with van der Waals surface area (Å²) in [6.07, 6.45) is 0.485. The highest BCUT2D eigenvalue weighted by Crippen LogP contribution is 2.30. The average molecular weight is 329 g/mol. The molecule has 0 bridgehead atoms. The highest BCUT2D eigenvalue weighted by Gasteiger charge is 2.10. The van der Waals surface area contributed by atoms with Gasteiger partial charge in [-0.3, -0.25) is 4.79 Å². The van der Waals surface area contributed by atoms with Crippen LogP contribution in [0.1, 0.15) is 12.2 Å². The van der Waals surface area contributed by atoms with E-state index in [4.69, 9.17) is 4.42 Å². The zero-order chi connectivity index (χ0) is 16.2. The van der Waals surface area contributed by atoms with Crippen LogP contribution >= 0.6 is 11.3 Å². The number of hydrogen-bond donors (Lipinski definition) is 1. The number of nitrogens with zero attached hydrogens (tertiary/aromatic N) is 2. The normalized spacial score (nSPS) is 11.0. The van der Waals surface area contributed by atoms with Crippen molar-refractivity contribution in [2.45, 2.75) is 13.0 Å². The Bertz CT molecular complexity index is 774. The number of hydrogen-bond acceptors (Lipinski definition) is 5. The molecule has 0 aliphatic heterocycles. The van der Waals surface area contributed by atoms with Gasteiger partial charge in [-0.1, -0.05) is 12.1 Å². The van der Waals surface area contributed by atoms with Gasteiger partial charge < -0.3 is 14.6 Å². The van der Waals surface area contributed by atoms with Crippen LogP contribution in [0.2, 0.25) is 0 Å². The van der Waals surface area contributed by atoms with Crippen molar-refractivity contribution in [3.8, 4) is 10.8 Å². The Balaban J connectivity index is 1.58. The van der Waals surface area contributed by atoms with E-state index in [1.54, 1.807) is 30.3 Å². The van der Waals surface area contributed by atoms with Crippen molar-refractivity contribution < 1.29 is 9.21 Å². The molecular formula is C17H19N3O2S. The molecule has 0 atom stereocenters. The number of carbonyl (C=O) groups is 1. The van der Waals surface area contributed by atoms with E-state index in [9.17, 15) is 4.79 Å². The molecule has 0 spiro atoms. The van der Waals surface area contributed by atoms with E-state index in [-0.39, 0.29) is 5.91 Å². The van der Waals surface area contributed by atoms with E-state index in [1.807, 2.05) is 30.3 Å². The fourth-order valence-corrected chi connectivity index (χ4v) is 3.12. The predicted octanol–water partition coefficient (Wildman–Crippen LogP) is 3.12. The fraction of sp³-hybridized carbons (Fsp3) is 0.294. The number of amides is 1. The summed E-state index contributed by atoms with van der Waals surface area (Å²) in [6.45, 7) is 1.24. The molecule has 3 aromatic rings. The lowest BCUT2D eigenvalue weighted by atomic mass is 10.3. The fourth-order valence-electron chi connectivity index (χ4n) is 2.20. The van der Waals surface area contributed by atoms with Gasteiger partial charge in [-0.15, -0.1) is 11.3 Å². The third-order valence-corrected chi connectivity index (χ3v) is 4.53. The molecule has 0 saturated carbocycles. The first-order valence-electron chi connectivity index (χ1n) is 7.49. The van der Waals surface area contributed by atoms with Crippen LogP contribution in [-0.4, -0.2) is 36.4 Å². The molecule has 0 saturated heterocycles. The standard InChI is InChI=1S/C17H19N3O2S/c1-20(2)16(21)9-10-18-11-12-7-8-14(22-12)17-19-13-5-3-4-6-15(13)23-17/h3-8,18H,9-11H2,1-2H3. The van der Waals surface area contributed by atoms with Crippen LogP contribution in [0.4, 0.5) is 0 Å². The second-order valence-corrected chi connectivity index (χ2v) is 6.50. The number of nitrogens with one attached hydrogen (secondary N) is 1. The summed E-state index contributed by atoms with van der Waals surface area (Å²) in [6, 6.07) is 11.9. The van der Waals surface area contributed by atoms with Crippen molar-refractivity contribution in [2.75, 3.05) is 20.6 Å². The van der Waals surface area contributed by atoms with Crippen molar-refractivity contribution >= 4 is 27.5 Å². The van der Waals surface area contributed by atoms with Gasteiger partial charge in [0, 0.05) is 27.1 Å². The molecule has 6 heteroatoms. The first kappa shape index (κ1) is 15.7. The molecule has 0 aliphatic carbocycles. The van der Waals surface area contributed by atoms with Gasteiger partial charge in [-0.2, -0.15) is 0 Å². The minimum absolute atomic E-state index is 0.118. The highest BCUT2D eigenvalue weighted by molar-refractivity contribution is 7.21. The largest absolute Gasteiger partial charge is 0.457 e. The van der Waals surface area contributed by atoms with Crippen LogP contribution in [-0.2, 0) is 11.3 Å². The minimum Gasteiger partial charge on any atom is -0.457 e. The molecule has 23 heavy (non-hydrogen) atoms. The van der Waals surface area contributed by atoms with Crippen molar-refractivity contribution in [3.63, 3.8) is 0 Å². The number of benzene rings is 1. The minimum atomic E-state index is 0.118. The topological polar surface area (TPSA) is 58.4 Å². The summed E-state index contributed by atoms with van der Waals surface area (Å²) in [5.41, 5.74) is 0.991. The predicted molar refractivity (Wildman–Crippen MR) is 92.3 cm³/mol. The Hall–Kier alpha value is -2.18. The Morgan fingerprint density at radius 2 is 2.09 bits per heavy atom. The lowest BCUT2D eigenvalue weighted by Gasteiger charge is -2.09. The molecule has 2 heterocycles. The molecule has 0 radical (unpaired) electrons. The van der Waals surface area contributed by atoms with Crippen molar-refractivity contribution in [1.29, 1.82) is 0 Å². The smallest absolute Gasteiger partial charge is 0.223 e. The summed E-state index contributed by atoms with van der Waals surface area (Å²) < 4.78 is 7.00. The van der Waals surface area contributed by atoms with Gasteiger partial charge in [-0.05, 0) is 24.3 Å². The van der Waals surface area contributed by atoms with E-state index >= 15 is 0 Å². The molecule has 5 nitrogen and oxygen atoms in total. The molecule has 1 amide bonds. The second kappa shape index (κ2) is 6.93. The summed E-state index contributed by atoms with van der Waals surface area (Å²) in [5, 5.41) is 4.11. The zero-order valence-electron chi connectivity index (χ0n) is 13.2. The number of thiazole rings is 1. The number of rotatable bonds is 6. The quantitative estimate of drug-likeness (QED) is 0.706. The number of fused-ring (bicyclic) bond motifs is 1. The van der Waals surface area contributed by atoms with Crippen molar-refractivity contribution in [3.05, 3.63) is 42.2 Å². The molecule has 1 N–H and O–H groups in total. The maximum absolute atomic E-state index is 11.5. The monoisotopic (exact) mass is 329 g/mol. The number of aromatic nitrogens is 1. The molecule has 2 aromatic heterocycles. The lowest BCUT2D eigenvalue weighted by Crippen LogP contribution is -2.26. The Morgan fingerprint density at radius 1 is 1.26 bits per heavy atom. The molecule has 3 rings (SSSR count). The summed E-state index contributed by atoms with van der Waals surface area (Å²) in [5.74, 6) is 1.75. The second-order valence-electron chi connectivity index (χ2n) is 5.47. The molecule has 1 aromatic carbocycles. The Labute approximate surface area is 138 Å². The maximum Gasteiger partial charge on any atom is 0.223 e. The number of furan rings is 1. The van der Waals surface area contributed by atoms with Crippen LogP contribution in [0.5, 0.6) is 0 Å². The molecule has 0 aliphatic rings.